The molecule has 1 aliphatic rings. The number of rotatable bonds is 6. The average molecular weight is 250 g/mol. The molecule has 1 unspecified atom stereocenters. The van der Waals surface area contributed by atoms with E-state index in [9.17, 15) is 0 Å². The van der Waals surface area contributed by atoms with Crippen LogP contribution in [0, 0.1) is 0 Å². The number of aromatic nitrogens is 2. The van der Waals surface area contributed by atoms with Crippen LogP contribution in [0.25, 0.3) is 0 Å². The van der Waals surface area contributed by atoms with Crippen molar-refractivity contribution >= 4 is 0 Å². The van der Waals surface area contributed by atoms with Crippen molar-refractivity contribution < 1.29 is 0 Å². The molecule has 0 bridgehead atoms. The van der Waals surface area contributed by atoms with Crippen molar-refractivity contribution in [3.05, 3.63) is 18.0 Å². The summed E-state index contributed by atoms with van der Waals surface area (Å²) in [6.45, 7) is 6.82. The van der Waals surface area contributed by atoms with E-state index in [4.69, 9.17) is 0 Å². The number of aryl methyl sites for hydroxylation is 1. The van der Waals surface area contributed by atoms with Gasteiger partial charge in [-0.3, -0.25) is 9.58 Å². The molecule has 1 N–H and O–H groups in total. The Hall–Kier alpha value is -0.870. The van der Waals surface area contributed by atoms with Crippen LogP contribution < -0.4 is 5.32 Å². The van der Waals surface area contributed by atoms with Crippen LogP contribution in [0.5, 0.6) is 0 Å². The zero-order valence-electron chi connectivity index (χ0n) is 11.7. The van der Waals surface area contributed by atoms with Gasteiger partial charge in [0.25, 0.3) is 0 Å². The van der Waals surface area contributed by atoms with Gasteiger partial charge >= 0.3 is 0 Å². The number of hydrogen-bond acceptors (Lipinski definition) is 3. The summed E-state index contributed by atoms with van der Waals surface area (Å²) in [5.74, 6) is 0. The highest BCUT2D eigenvalue weighted by Gasteiger charge is 2.21. The molecule has 0 saturated carbocycles. The lowest BCUT2D eigenvalue weighted by atomic mass is 10.0. The second kappa shape index (κ2) is 6.90. The van der Waals surface area contributed by atoms with Gasteiger partial charge in [0, 0.05) is 44.5 Å². The predicted molar refractivity (Wildman–Crippen MR) is 74.7 cm³/mol. The highest BCUT2D eigenvalue weighted by atomic mass is 15.3. The lowest BCUT2D eigenvalue weighted by Crippen LogP contribution is -2.46. The first-order valence-electron chi connectivity index (χ1n) is 7.23. The van der Waals surface area contributed by atoms with Gasteiger partial charge in [0.15, 0.2) is 0 Å². The number of likely N-dealkylation sites (N-methyl/N-ethyl adjacent to an activating group) is 1. The van der Waals surface area contributed by atoms with Gasteiger partial charge in [-0.25, -0.2) is 0 Å². The number of nitrogens with zero attached hydrogens (tertiary/aromatic N) is 3. The predicted octanol–water partition coefficient (Wildman–Crippen LogP) is 1.43. The van der Waals surface area contributed by atoms with Crippen LogP contribution in [0.2, 0.25) is 0 Å². The molecular weight excluding hydrogens is 224 g/mol. The summed E-state index contributed by atoms with van der Waals surface area (Å²) in [4.78, 5) is 2.65. The minimum absolute atomic E-state index is 0.729. The molecule has 4 nitrogen and oxygen atoms in total. The molecule has 1 aromatic heterocycles. The number of piperidine rings is 1. The Balaban J connectivity index is 1.83. The Morgan fingerprint density at radius 1 is 1.44 bits per heavy atom. The summed E-state index contributed by atoms with van der Waals surface area (Å²) < 4.78 is 1.99. The van der Waals surface area contributed by atoms with Crippen molar-refractivity contribution in [2.75, 3.05) is 26.2 Å². The first kappa shape index (κ1) is 13.6. The molecule has 1 atom stereocenters. The molecule has 1 aliphatic heterocycles. The first-order chi connectivity index (χ1) is 8.81. The van der Waals surface area contributed by atoms with Gasteiger partial charge < -0.3 is 5.32 Å². The maximum absolute atomic E-state index is 4.23. The van der Waals surface area contributed by atoms with Crippen LogP contribution in [0.1, 0.15) is 31.9 Å². The van der Waals surface area contributed by atoms with Gasteiger partial charge in [0.1, 0.15) is 0 Å². The third-order valence-corrected chi connectivity index (χ3v) is 3.96. The third-order valence-electron chi connectivity index (χ3n) is 3.96. The monoisotopic (exact) mass is 250 g/mol. The maximum atomic E-state index is 4.23. The van der Waals surface area contributed by atoms with Gasteiger partial charge in [0.05, 0.1) is 0 Å². The van der Waals surface area contributed by atoms with Crippen molar-refractivity contribution in [2.45, 2.75) is 38.6 Å². The molecule has 0 aliphatic carbocycles. The first-order valence-corrected chi connectivity index (χ1v) is 7.23. The zero-order chi connectivity index (χ0) is 12.8. The second-order valence-electron chi connectivity index (χ2n) is 5.19. The van der Waals surface area contributed by atoms with Crippen LogP contribution in [-0.2, 0) is 13.5 Å². The number of nitrogens with one attached hydrogen (secondary N) is 1. The van der Waals surface area contributed by atoms with Crippen molar-refractivity contribution in [2.24, 2.45) is 7.05 Å². The Bertz CT molecular complexity index is 347. The largest absolute Gasteiger partial charge is 0.315 e. The summed E-state index contributed by atoms with van der Waals surface area (Å²) in [7, 11) is 2.03. The smallest absolute Gasteiger partial charge is 0.0492 e. The molecule has 0 aromatic carbocycles. The van der Waals surface area contributed by atoms with E-state index in [0.29, 0.717) is 0 Å². The van der Waals surface area contributed by atoms with E-state index in [2.05, 4.69) is 28.3 Å². The maximum Gasteiger partial charge on any atom is 0.0492 e. The lowest BCUT2D eigenvalue weighted by molar-refractivity contribution is 0.147. The van der Waals surface area contributed by atoms with Gasteiger partial charge in [-0.05, 0) is 32.0 Å². The van der Waals surface area contributed by atoms with Crippen LogP contribution in [0.3, 0.4) is 0 Å². The third kappa shape index (κ3) is 3.56. The summed E-state index contributed by atoms with van der Waals surface area (Å²) in [6.07, 6.45) is 7.09. The molecule has 102 valence electrons. The molecule has 1 fully saturated rings. The van der Waals surface area contributed by atoms with E-state index >= 15 is 0 Å². The fourth-order valence-corrected chi connectivity index (χ4v) is 2.80. The zero-order valence-corrected chi connectivity index (χ0v) is 11.7. The fourth-order valence-electron chi connectivity index (χ4n) is 2.80. The molecule has 2 rings (SSSR count). The number of hydrogen-bond donors (Lipinski definition) is 1. The fraction of sp³-hybridized carbons (Fsp3) is 0.786. The van der Waals surface area contributed by atoms with Crippen molar-refractivity contribution in [1.29, 1.82) is 0 Å². The van der Waals surface area contributed by atoms with Gasteiger partial charge in [-0.2, -0.15) is 5.10 Å². The highest BCUT2D eigenvalue weighted by molar-refractivity contribution is 5.00. The van der Waals surface area contributed by atoms with Gasteiger partial charge in [-0.15, -0.1) is 0 Å². The minimum Gasteiger partial charge on any atom is -0.315 e. The van der Waals surface area contributed by atoms with E-state index in [1.165, 1.54) is 31.5 Å². The quantitative estimate of drug-likeness (QED) is 0.829. The Morgan fingerprint density at radius 3 is 3.06 bits per heavy atom. The van der Waals surface area contributed by atoms with Crippen LogP contribution in [0.15, 0.2) is 12.3 Å². The molecule has 4 heteroatoms. The summed E-state index contributed by atoms with van der Waals surface area (Å²) in [6, 6.07) is 2.86. The van der Waals surface area contributed by atoms with Crippen molar-refractivity contribution in [1.82, 2.24) is 20.0 Å². The lowest BCUT2D eigenvalue weighted by Gasteiger charge is -2.35. The Morgan fingerprint density at radius 2 is 2.33 bits per heavy atom. The molecule has 0 radical (unpaired) electrons. The van der Waals surface area contributed by atoms with Crippen molar-refractivity contribution in [3.63, 3.8) is 0 Å². The average Bonchev–Trinajstić information content (AvgIpc) is 2.80. The standard InChI is InChI=1S/C14H26N4/c1-3-15-12-14-6-4-5-10-18(14)11-8-13-7-9-16-17(13)2/h7,9,14-15H,3-6,8,10-12H2,1-2H3. The molecule has 0 amide bonds. The molecule has 18 heavy (non-hydrogen) atoms. The van der Waals surface area contributed by atoms with E-state index < -0.39 is 0 Å². The molecule has 1 saturated heterocycles. The van der Waals surface area contributed by atoms with Crippen LogP contribution in [-0.4, -0.2) is 46.9 Å². The molecule has 1 aromatic rings. The van der Waals surface area contributed by atoms with E-state index in [-0.39, 0.29) is 0 Å². The summed E-state index contributed by atoms with van der Waals surface area (Å²) >= 11 is 0. The van der Waals surface area contributed by atoms with E-state index in [1.807, 2.05) is 17.9 Å². The highest BCUT2D eigenvalue weighted by Crippen LogP contribution is 2.16. The van der Waals surface area contributed by atoms with Crippen LogP contribution in [0.4, 0.5) is 0 Å². The van der Waals surface area contributed by atoms with Gasteiger partial charge in [0.2, 0.25) is 0 Å². The van der Waals surface area contributed by atoms with E-state index in [0.717, 1.165) is 32.1 Å². The Kier molecular flexibility index (Phi) is 5.20. The Labute approximate surface area is 110 Å². The molecule has 0 spiro atoms. The molecule has 2 heterocycles. The normalized spacial score (nSPS) is 21.3. The van der Waals surface area contributed by atoms with Crippen molar-refractivity contribution in [3.8, 4) is 0 Å². The summed E-state index contributed by atoms with van der Waals surface area (Å²) in [5, 5.41) is 7.73. The second-order valence-corrected chi connectivity index (χ2v) is 5.19. The topological polar surface area (TPSA) is 33.1 Å². The van der Waals surface area contributed by atoms with Gasteiger partial charge in [-0.1, -0.05) is 13.3 Å². The SMILES string of the molecule is CCNCC1CCCCN1CCc1ccnn1C. The van der Waals surface area contributed by atoms with E-state index in [1.54, 1.807) is 0 Å². The molecular formula is C14H26N4. The number of likely N-dealkylation sites (tertiary alicyclic amines) is 1. The minimum atomic E-state index is 0.729. The van der Waals surface area contributed by atoms with Crippen LogP contribution >= 0.6 is 0 Å². The summed E-state index contributed by atoms with van der Waals surface area (Å²) in [5.41, 5.74) is 1.34.